The Hall–Kier alpha value is -1.97. The number of pyridine rings is 1. The van der Waals surface area contributed by atoms with Gasteiger partial charge in [0.1, 0.15) is 0 Å². The molecule has 0 aliphatic heterocycles. The van der Waals surface area contributed by atoms with Crippen molar-refractivity contribution in [1.82, 2.24) is 4.98 Å². The van der Waals surface area contributed by atoms with E-state index in [1.165, 1.54) is 11.8 Å². The first-order valence-electron chi connectivity index (χ1n) is 6.60. The topological polar surface area (TPSA) is 65.8 Å². The van der Waals surface area contributed by atoms with Gasteiger partial charge in [0.15, 0.2) is 0 Å². The lowest BCUT2D eigenvalue weighted by Gasteiger charge is -2.11. The summed E-state index contributed by atoms with van der Waals surface area (Å²) in [5.74, 6) is -0.0916. The molecule has 1 N–H and O–H groups in total. The van der Waals surface area contributed by atoms with E-state index in [4.69, 9.17) is 5.26 Å². The molecule has 0 saturated carbocycles. The monoisotopic (exact) mass is 329 g/mol. The number of amides is 1. The van der Waals surface area contributed by atoms with Crippen LogP contribution < -0.4 is 5.32 Å². The van der Waals surface area contributed by atoms with E-state index < -0.39 is 0 Å². The first kappa shape index (κ1) is 16.4. The third-order valence-electron chi connectivity index (χ3n) is 2.89. The molecule has 0 unspecified atom stereocenters. The van der Waals surface area contributed by atoms with Gasteiger partial charge in [-0.1, -0.05) is 11.8 Å². The molecule has 0 aliphatic rings. The van der Waals surface area contributed by atoms with Crippen LogP contribution in [0, 0.1) is 11.3 Å². The molecule has 2 rings (SSSR count). The molecule has 1 aromatic carbocycles. The fraction of sp³-hybridized carbons (Fsp3) is 0.188. The maximum absolute atomic E-state index is 12.2. The first-order valence-corrected chi connectivity index (χ1v) is 8.70. The van der Waals surface area contributed by atoms with Crippen molar-refractivity contribution in [3.05, 3.63) is 48.2 Å². The predicted molar refractivity (Wildman–Crippen MR) is 91.1 cm³/mol. The van der Waals surface area contributed by atoms with Gasteiger partial charge in [0.05, 0.1) is 21.9 Å². The molecular formula is C16H15N3OS2. The molecule has 0 radical (unpaired) electrons. The lowest BCUT2D eigenvalue weighted by atomic mass is 10.3. The summed E-state index contributed by atoms with van der Waals surface area (Å²) in [6.45, 7) is 1.82. The van der Waals surface area contributed by atoms with Crippen LogP contribution in [0.5, 0.6) is 0 Å². The van der Waals surface area contributed by atoms with Crippen LogP contribution >= 0.6 is 23.5 Å². The van der Waals surface area contributed by atoms with Crippen LogP contribution in [-0.2, 0) is 4.79 Å². The number of hydrogen-bond donors (Lipinski definition) is 1. The average Bonchev–Trinajstić information content (AvgIpc) is 2.55. The molecule has 6 heteroatoms. The van der Waals surface area contributed by atoms with Crippen molar-refractivity contribution in [2.75, 3.05) is 11.6 Å². The van der Waals surface area contributed by atoms with Crippen molar-refractivity contribution in [3.63, 3.8) is 0 Å². The lowest BCUT2D eigenvalue weighted by molar-refractivity contribution is -0.115. The second-order valence-corrected chi connectivity index (χ2v) is 6.71. The number of nitriles is 1. The van der Waals surface area contributed by atoms with Crippen molar-refractivity contribution in [3.8, 4) is 6.07 Å². The van der Waals surface area contributed by atoms with Gasteiger partial charge in [0.2, 0.25) is 5.91 Å². The number of anilines is 1. The highest BCUT2D eigenvalue weighted by atomic mass is 32.2. The van der Waals surface area contributed by atoms with Crippen LogP contribution in [0.15, 0.2) is 52.5 Å². The Balaban J connectivity index is 1.97. The summed E-state index contributed by atoms with van der Waals surface area (Å²) in [5.41, 5.74) is 1.31. The SMILES string of the molecule is CSc1ccc(NC(=O)[C@@H](C)Sc2cc(C#N)ccn2)cc1. The van der Waals surface area contributed by atoms with E-state index in [1.54, 1.807) is 30.1 Å². The van der Waals surface area contributed by atoms with E-state index in [-0.39, 0.29) is 11.2 Å². The Bertz CT molecular complexity index is 695. The van der Waals surface area contributed by atoms with Gasteiger partial charge in [-0.15, -0.1) is 11.8 Å². The standard InChI is InChI=1S/C16H15N3OS2/c1-11(22-15-9-12(10-17)7-8-18-15)16(20)19-13-3-5-14(21-2)6-4-13/h3-9,11H,1-2H3,(H,19,20)/t11-/m1/s1. The Morgan fingerprint density at radius 3 is 2.68 bits per heavy atom. The van der Waals surface area contributed by atoms with Crippen molar-refractivity contribution in [2.45, 2.75) is 22.1 Å². The Morgan fingerprint density at radius 1 is 1.32 bits per heavy atom. The normalized spacial score (nSPS) is 11.5. The van der Waals surface area contributed by atoms with E-state index in [0.29, 0.717) is 10.6 Å². The molecule has 1 amide bonds. The zero-order valence-corrected chi connectivity index (χ0v) is 13.9. The maximum Gasteiger partial charge on any atom is 0.237 e. The molecule has 0 fully saturated rings. The highest BCUT2D eigenvalue weighted by Gasteiger charge is 2.15. The number of thioether (sulfide) groups is 2. The van der Waals surface area contributed by atoms with Gasteiger partial charge < -0.3 is 5.32 Å². The van der Waals surface area contributed by atoms with Crippen LogP contribution in [-0.4, -0.2) is 22.4 Å². The second kappa shape index (κ2) is 7.87. The fourth-order valence-corrected chi connectivity index (χ4v) is 2.95. The molecule has 1 aromatic heterocycles. The molecule has 1 atom stereocenters. The van der Waals surface area contributed by atoms with Crippen LogP contribution in [0.3, 0.4) is 0 Å². The molecule has 0 bridgehead atoms. The van der Waals surface area contributed by atoms with Gasteiger partial charge in [0.25, 0.3) is 0 Å². The van der Waals surface area contributed by atoms with Crippen molar-refractivity contribution in [2.24, 2.45) is 0 Å². The van der Waals surface area contributed by atoms with Gasteiger partial charge in [0, 0.05) is 16.8 Å². The van der Waals surface area contributed by atoms with Crippen LogP contribution in [0.4, 0.5) is 5.69 Å². The minimum atomic E-state index is -0.304. The fourth-order valence-electron chi connectivity index (χ4n) is 1.70. The molecule has 2 aromatic rings. The average molecular weight is 329 g/mol. The minimum Gasteiger partial charge on any atom is -0.325 e. The predicted octanol–water partition coefficient (Wildman–Crippen LogP) is 3.79. The molecule has 22 heavy (non-hydrogen) atoms. The molecule has 0 aliphatic carbocycles. The van der Waals surface area contributed by atoms with Gasteiger partial charge in [-0.25, -0.2) is 4.98 Å². The third kappa shape index (κ3) is 4.52. The quantitative estimate of drug-likeness (QED) is 0.845. The number of nitrogens with zero attached hydrogens (tertiary/aromatic N) is 2. The molecule has 0 spiro atoms. The zero-order valence-electron chi connectivity index (χ0n) is 12.2. The Labute approximate surface area is 138 Å². The number of carbonyl (C=O) groups excluding carboxylic acids is 1. The van der Waals surface area contributed by atoms with Crippen LogP contribution in [0.2, 0.25) is 0 Å². The van der Waals surface area contributed by atoms with Crippen LogP contribution in [0.1, 0.15) is 12.5 Å². The Kier molecular flexibility index (Phi) is 5.87. The summed E-state index contributed by atoms with van der Waals surface area (Å²) in [6.07, 6.45) is 3.58. The lowest BCUT2D eigenvalue weighted by Crippen LogP contribution is -2.22. The van der Waals surface area contributed by atoms with Gasteiger partial charge in [-0.2, -0.15) is 5.26 Å². The number of rotatable bonds is 5. The summed E-state index contributed by atoms with van der Waals surface area (Å²) in [6, 6.07) is 13.1. The van der Waals surface area contributed by atoms with E-state index in [0.717, 1.165) is 10.6 Å². The summed E-state index contributed by atoms with van der Waals surface area (Å²) in [5, 5.41) is 12.1. The number of carbonyl (C=O) groups is 1. The molecular weight excluding hydrogens is 314 g/mol. The summed E-state index contributed by atoms with van der Waals surface area (Å²) >= 11 is 2.99. The van der Waals surface area contributed by atoms with Crippen molar-refractivity contribution in [1.29, 1.82) is 5.26 Å². The van der Waals surface area contributed by atoms with E-state index in [2.05, 4.69) is 16.4 Å². The highest BCUT2D eigenvalue weighted by Crippen LogP contribution is 2.23. The smallest absolute Gasteiger partial charge is 0.237 e. The van der Waals surface area contributed by atoms with Crippen molar-refractivity contribution < 1.29 is 4.79 Å². The van der Waals surface area contributed by atoms with E-state index >= 15 is 0 Å². The molecule has 4 nitrogen and oxygen atoms in total. The third-order valence-corrected chi connectivity index (χ3v) is 4.66. The number of aromatic nitrogens is 1. The molecule has 0 saturated heterocycles. The Morgan fingerprint density at radius 2 is 2.05 bits per heavy atom. The molecule has 1 heterocycles. The zero-order chi connectivity index (χ0) is 15.9. The van der Waals surface area contributed by atoms with Gasteiger partial charge in [-0.3, -0.25) is 4.79 Å². The van der Waals surface area contributed by atoms with E-state index in [9.17, 15) is 4.79 Å². The number of benzene rings is 1. The van der Waals surface area contributed by atoms with Crippen molar-refractivity contribution >= 4 is 35.1 Å². The summed E-state index contributed by atoms with van der Waals surface area (Å²) in [7, 11) is 0. The first-order chi connectivity index (χ1) is 10.6. The van der Waals surface area contributed by atoms with Gasteiger partial charge >= 0.3 is 0 Å². The summed E-state index contributed by atoms with van der Waals surface area (Å²) < 4.78 is 0. The second-order valence-electron chi connectivity index (χ2n) is 4.47. The number of hydrogen-bond acceptors (Lipinski definition) is 5. The highest BCUT2D eigenvalue weighted by molar-refractivity contribution is 8.00. The largest absolute Gasteiger partial charge is 0.325 e. The maximum atomic E-state index is 12.2. The summed E-state index contributed by atoms with van der Waals surface area (Å²) in [4.78, 5) is 17.5. The van der Waals surface area contributed by atoms with E-state index in [1.807, 2.05) is 37.4 Å². The molecule has 112 valence electrons. The number of nitrogens with one attached hydrogen (secondary N) is 1. The minimum absolute atomic E-state index is 0.0916. The van der Waals surface area contributed by atoms with Gasteiger partial charge in [-0.05, 0) is 49.6 Å². The van der Waals surface area contributed by atoms with Crippen LogP contribution in [0.25, 0.3) is 0 Å².